The van der Waals surface area contributed by atoms with E-state index < -0.39 is 29.9 Å². The molecule has 0 saturated heterocycles. The molecule has 7 nitrogen and oxygen atoms in total. The van der Waals surface area contributed by atoms with E-state index in [2.05, 4.69) is 4.98 Å². The summed E-state index contributed by atoms with van der Waals surface area (Å²) in [7, 11) is 2.93. The molecule has 3 atom stereocenters. The quantitative estimate of drug-likeness (QED) is 0.521. The molecule has 0 amide bonds. The van der Waals surface area contributed by atoms with Crippen LogP contribution in [0.2, 0.25) is 0 Å². The second kappa shape index (κ2) is 9.85. The third kappa shape index (κ3) is 5.07. The predicted octanol–water partition coefficient (Wildman–Crippen LogP) is 3.32. The number of pyridine rings is 1. The van der Waals surface area contributed by atoms with Crippen molar-refractivity contribution < 1.29 is 28.9 Å². The largest absolute Gasteiger partial charge is 0.503 e. The van der Waals surface area contributed by atoms with Crippen LogP contribution in [0.15, 0.2) is 42.6 Å². The number of Topliss-reactive ketones (excluding diaryl/α,β-unsaturated/α-hetero) is 1. The number of hydrogen-bond donors (Lipinski definition) is 1. The number of carbonyl (C=O) groups excluding carboxylic acids is 2. The lowest BCUT2D eigenvalue weighted by Crippen LogP contribution is -2.28. The van der Waals surface area contributed by atoms with Gasteiger partial charge in [-0.25, -0.2) is 4.98 Å². The van der Waals surface area contributed by atoms with Gasteiger partial charge in [0.2, 0.25) is 0 Å². The maximum atomic E-state index is 12.4. The highest BCUT2D eigenvalue weighted by Gasteiger charge is 2.27. The van der Waals surface area contributed by atoms with Gasteiger partial charge in [0.05, 0.1) is 13.0 Å². The van der Waals surface area contributed by atoms with E-state index >= 15 is 0 Å². The molecule has 1 heterocycles. The topological polar surface area (TPSA) is 95.0 Å². The average Bonchev–Trinajstić information content (AvgIpc) is 2.69. The number of ether oxygens (including phenoxy) is 3. The molecule has 0 unspecified atom stereocenters. The van der Waals surface area contributed by atoms with Crippen LogP contribution in [-0.4, -0.2) is 42.2 Å². The van der Waals surface area contributed by atoms with Crippen molar-refractivity contribution in [2.75, 3.05) is 14.2 Å². The number of ketones is 1. The maximum absolute atomic E-state index is 12.4. The average molecular weight is 387 g/mol. The Kier molecular flexibility index (Phi) is 7.52. The molecular weight excluding hydrogens is 362 g/mol. The number of nitrogens with zero attached hydrogens (tertiary/aromatic N) is 1. The van der Waals surface area contributed by atoms with Crippen LogP contribution in [0.25, 0.3) is 0 Å². The van der Waals surface area contributed by atoms with Gasteiger partial charge in [-0.2, -0.15) is 0 Å². The fourth-order valence-corrected chi connectivity index (χ4v) is 2.87. The third-order valence-electron chi connectivity index (χ3n) is 4.38. The first kappa shape index (κ1) is 21.4. The lowest BCUT2D eigenvalue weighted by atomic mass is 10.0. The minimum absolute atomic E-state index is 0.133. The van der Waals surface area contributed by atoms with E-state index in [1.807, 2.05) is 30.3 Å². The number of aromatic hydroxyl groups is 1. The Morgan fingerprint density at radius 1 is 1.11 bits per heavy atom. The molecule has 1 N–H and O–H groups in total. The van der Waals surface area contributed by atoms with Gasteiger partial charge in [0.1, 0.15) is 12.2 Å². The molecule has 0 bridgehead atoms. The molecule has 2 rings (SSSR count). The number of hydrogen-bond acceptors (Lipinski definition) is 7. The van der Waals surface area contributed by atoms with E-state index in [4.69, 9.17) is 14.2 Å². The van der Waals surface area contributed by atoms with Crippen LogP contribution in [0.5, 0.6) is 11.5 Å². The van der Waals surface area contributed by atoms with E-state index in [0.717, 1.165) is 5.56 Å². The van der Waals surface area contributed by atoms with Crippen LogP contribution < -0.4 is 4.74 Å². The van der Waals surface area contributed by atoms with Gasteiger partial charge in [0.25, 0.3) is 0 Å². The van der Waals surface area contributed by atoms with Gasteiger partial charge in [-0.3, -0.25) is 9.59 Å². The zero-order valence-electron chi connectivity index (χ0n) is 16.4. The van der Waals surface area contributed by atoms with Gasteiger partial charge < -0.3 is 19.3 Å². The van der Waals surface area contributed by atoms with Crippen molar-refractivity contribution in [3.63, 3.8) is 0 Å². The smallest absolute Gasteiger partial charge is 0.309 e. The fourth-order valence-electron chi connectivity index (χ4n) is 2.87. The molecule has 150 valence electrons. The zero-order chi connectivity index (χ0) is 20.7. The summed E-state index contributed by atoms with van der Waals surface area (Å²) in [6.45, 7) is 3.33. The highest BCUT2D eigenvalue weighted by atomic mass is 16.6. The van der Waals surface area contributed by atoms with Crippen molar-refractivity contribution in [1.82, 2.24) is 4.98 Å². The normalized spacial score (nSPS) is 14.0. The predicted molar refractivity (Wildman–Crippen MR) is 102 cm³/mol. The SMILES string of the molecule is COc1ccnc(C(=O)C[C@@H](C)C(=O)O[C@@H](C)[C@@H](OC)c2ccccc2)c1O. The van der Waals surface area contributed by atoms with E-state index in [1.165, 1.54) is 19.4 Å². The summed E-state index contributed by atoms with van der Waals surface area (Å²) in [6, 6.07) is 10.9. The first-order valence-corrected chi connectivity index (χ1v) is 8.92. The van der Waals surface area contributed by atoms with Gasteiger partial charge >= 0.3 is 5.97 Å². The van der Waals surface area contributed by atoms with Gasteiger partial charge in [-0.1, -0.05) is 37.3 Å². The Morgan fingerprint density at radius 2 is 1.79 bits per heavy atom. The highest BCUT2D eigenvalue weighted by molar-refractivity contribution is 5.99. The van der Waals surface area contributed by atoms with E-state index in [-0.39, 0.29) is 23.6 Å². The van der Waals surface area contributed by atoms with Crippen LogP contribution in [0.4, 0.5) is 0 Å². The molecule has 0 saturated carbocycles. The van der Waals surface area contributed by atoms with Gasteiger partial charge in [-0.15, -0.1) is 0 Å². The highest BCUT2D eigenvalue weighted by Crippen LogP contribution is 2.29. The molecule has 0 aliphatic heterocycles. The summed E-state index contributed by atoms with van der Waals surface area (Å²) in [5, 5.41) is 10.0. The third-order valence-corrected chi connectivity index (χ3v) is 4.38. The number of esters is 1. The zero-order valence-corrected chi connectivity index (χ0v) is 16.4. The van der Waals surface area contributed by atoms with Crippen LogP contribution in [0.3, 0.4) is 0 Å². The molecule has 0 aliphatic rings. The molecule has 0 spiro atoms. The second-order valence-electron chi connectivity index (χ2n) is 6.45. The standard InChI is InChI=1S/C21H25NO6/c1-13(12-16(23)18-19(24)17(26-3)10-11-22-18)21(25)28-14(2)20(27-4)15-8-6-5-7-9-15/h5-11,13-14,20,24H,12H2,1-4H3/t13-,14+,20-/m1/s1. The molecule has 1 aromatic carbocycles. The van der Waals surface area contributed by atoms with Crippen molar-refractivity contribution >= 4 is 11.8 Å². The molecule has 28 heavy (non-hydrogen) atoms. The molecule has 0 fully saturated rings. The molecule has 7 heteroatoms. The molecule has 1 aromatic heterocycles. The van der Waals surface area contributed by atoms with E-state index in [1.54, 1.807) is 21.0 Å². The lowest BCUT2D eigenvalue weighted by Gasteiger charge is -2.24. The van der Waals surface area contributed by atoms with Crippen molar-refractivity contribution in [1.29, 1.82) is 0 Å². The number of carbonyl (C=O) groups is 2. The number of aromatic nitrogens is 1. The van der Waals surface area contributed by atoms with Crippen molar-refractivity contribution in [3.05, 3.63) is 53.9 Å². The summed E-state index contributed by atoms with van der Waals surface area (Å²) >= 11 is 0. The van der Waals surface area contributed by atoms with Crippen molar-refractivity contribution in [3.8, 4) is 11.5 Å². The summed E-state index contributed by atoms with van der Waals surface area (Å²) in [5.74, 6) is -1.91. The van der Waals surface area contributed by atoms with Gasteiger partial charge in [0.15, 0.2) is 23.0 Å². The van der Waals surface area contributed by atoms with E-state index in [9.17, 15) is 14.7 Å². The van der Waals surface area contributed by atoms with Crippen LogP contribution >= 0.6 is 0 Å². The molecular formula is C21H25NO6. The first-order chi connectivity index (χ1) is 13.4. The summed E-state index contributed by atoms with van der Waals surface area (Å²) in [4.78, 5) is 28.8. The second-order valence-corrected chi connectivity index (χ2v) is 6.45. The first-order valence-electron chi connectivity index (χ1n) is 8.92. The van der Waals surface area contributed by atoms with Gasteiger partial charge in [-0.05, 0) is 12.5 Å². The number of methoxy groups -OCH3 is 2. The summed E-state index contributed by atoms with van der Waals surface area (Å²) in [6.07, 6.45) is 0.250. The fraction of sp³-hybridized carbons (Fsp3) is 0.381. The van der Waals surface area contributed by atoms with Crippen molar-refractivity contribution in [2.45, 2.75) is 32.5 Å². The molecule has 0 aliphatic carbocycles. The Hall–Kier alpha value is -2.93. The number of rotatable bonds is 9. The Labute approximate surface area is 164 Å². The number of benzene rings is 1. The minimum Gasteiger partial charge on any atom is -0.503 e. The Bertz CT molecular complexity index is 808. The van der Waals surface area contributed by atoms with Gasteiger partial charge in [0, 0.05) is 25.8 Å². The lowest BCUT2D eigenvalue weighted by molar-refractivity contribution is -0.159. The van der Waals surface area contributed by atoms with E-state index in [0.29, 0.717) is 0 Å². The minimum atomic E-state index is -0.712. The Balaban J connectivity index is 2.01. The molecule has 0 radical (unpaired) electrons. The van der Waals surface area contributed by atoms with Crippen LogP contribution in [0.1, 0.15) is 42.4 Å². The monoisotopic (exact) mass is 387 g/mol. The Morgan fingerprint density at radius 3 is 2.39 bits per heavy atom. The maximum Gasteiger partial charge on any atom is 0.309 e. The van der Waals surface area contributed by atoms with Crippen LogP contribution in [0, 0.1) is 5.92 Å². The van der Waals surface area contributed by atoms with Crippen molar-refractivity contribution in [2.24, 2.45) is 5.92 Å². The summed E-state index contributed by atoms with van der Waals surface area (Å²) in [5.41, 5.74) is 0.755. The summed E-state index contributed by atoms with van der Waals surface area (Å²) < 4.78 is 16.0. The van der Waals surface area contributed by atoms with Crippen LogP contribution in [-0.2, 0) is 14.3 Å². The molecule has 2 aromatic rings.